The van der Waals surface area contributed by atoms with Gasteiger partial charge in [0.15, 0.2) is 6.29 Å². The lowest BCUT2D eigenvalue weighted by atomic mass is 9.99. The number of hydrogen-bond donors (Lipinski definition) is 6. The maximum Gasteiger partial charge on any atom is 0.220 e. The van der Waals surface area contributed by atoms with Gasteiger partial charge >= 0.3 is 0 Å². The summed E-state index contributed by atoms with van der Waals surface area (Å²) in [6, 6.07) is -0.855. The molecular weight excluding hydrogens is 1160 g/mol. The van der Waals surface area contributed by atoms with Gasteiger partial charge in [-0.1, -0.05) is 338 Å². The monoisotopic (exact) mass is 1300 g/mol. The van der Waals surface area contributed by atoms with Gasteiger partial charge in [-0.15, -0.1) is 0 Å². The Morgan fingerprint density at radius 2 is 0.670 bits per heavy atom. The lowest BCUT2D eigenvalue weighted by Gasteiger charge is -2.40. The molecule has 1 heterocycles. The van der Waals surface area contributed by atoms with Crippen molar-refractivity contribution in [3.63, 3.8) is 0 Å². The molecule has 1 aliphatic rings. The van der Waals surface area contributed by atoms with Crippen LogP contribution in [0.5, 0.6) is 0 Å². The van der Waals surface area contributed by atoms with Crippen molar-refractivity contribution in [2.45, 2.75) is 346 Å². The van der Waals surface area contributed by atoms with E-state index in [1.807, 2.05) is 6.08 Å². The zero-order valence-electron chi connectivity index (χ0n) is 59.9. The second-order valence-electron chi connectivity index (χ2n) is 25.7. The summed E-state index contributed by atoms with van der Waals surface area (Å²) in [4.78, 5) is 13.1. The molecule has 9 heteroatoms. The fraction of sp³-hybridized carbons (Fsp3) is 0.659. The molecule has 7 unspecified atom stereocenters. The van der Waals surface area contributed by atoms with Crippen molar-refractivity contribution >= 4 is 5.91 Å². The third kappa shape index (κ3) is 58.9. The number of carbonyl (C=O) groups is 1. The molecule has 9 nitrogen and oxygen atoms in total. The van der Waals surface area contributed by atoms with E-state index in [1.54, 1.807) is 6.08 Å². The fourth-order valence-corrected chi connectivity index (χ4v) is 11.1. The second-order valence-corrected chi connectivity index (χ2v) is 25.7. The molecule has 0 bridgehead atoms. The highest BCUT2D eigenvalue weighted by Crippen LogP contribution is 2.23. The van der Waals surface area contributed by atoms with Gasteiger partial charge in [-0.25, -0.2) is 0 Å². The number of hydrogen-bond acceptors (Lipinski definition) is 8. The molecule has 1 fully saturated rings. The van der Waals surface area contributed by atoms with Crippen molar-refractivity contribution in [2.24, 2.45) is 0 Å². The van der Waals surface area contributed by atoms with Gasteiger partial charge in [0.2, 0.25) is 5.91 Å². The van der Waals surface area contributed by atoms with Crippen molar-refractivity contribution in [2.75, 3.05) is 13.2 Å². The number of aliphatic hydroxyl groups excluding tert-OH is 5. The van der Waals surface area contributed by atoms with E-state index in [9.17, 15) is 30.3 Å². The van der Waals surface area contributed by atoms with Crippen LogP contribution in [0, 0.1) is 0 Å². The molecule has 0 spiro atoms. The first-order valence-corrected chi connectivity index (χ1v) is 38.4. The van der Waals surface area contributed by atoms with Gasteiger partial charge in [0.25, 0.3) is 0 Å². The van der Waals surface area contributed by atoms with Crippen LogP contribution in [-0.4, -0.2) is 87.5 Å². The molecule has 0 aromatic rings. The third-order valence-electron chi connectivity index (χ3n) is 17.0. The van der Waals surface area contributed by atoms with Crippen LogP contribution in [0.3, 0.4) is 0 Å². The number of aliphatic hydroxyl groups is 5. The molecule has 0 aliphatic carbocycles. The first-order valence-electron chi connectivity index (χ1n) is 38.4. The van der Waals surface area contributed by atoms with E-state index in [0.29, 0.717) is 12.8 Å². The van der Waals surface area contributed by atoms with Crippen LogP contribution in [0.25, 0.3) is 0 Å². The topological polar surface area (TPSA) is 149 Å². The standard InChI is InChI=1S/C85H141NO8/c1-3-5-7-9-11-13-15-17-19-21-23-25-27-29-31-33-35-37-38-39-40-41-42-43-45-47-49-51-53-55-57-59-61-63-65-67-69-71-73-75-81(89)86-78(77-93-85-84(92)83(91)82(90)80(76-87)94-85)79(88)74-72-70-68-66-64-62-60-58-56-54-52-50-48-46-44-36-34-32-30-28-26-24-22-20-18-16-14-12-10-8-6-4-2/h5,7,11,13,17,19,23,25,29,31,35,37,39-40,42-43,47,49,53,55-56,58-59,61,64,66,72,74,78-80,82-85,87-88,90-92H,3-4,6,8-10,12,14-16,18,20-22,24,26-28,30,32-34,36,38,41,44-46,48,50-52,54,57,60,62-63,65,67-71,73,75-77H2,1-2H3,(H,86,89)/b7-5-,13-11-,19-17-,25-23-,31-29-,37-35-,40-39-,43-42-,49-47-,55-53-,58-56+,61-59-,66-64+,74-72+. The number of carbonyl (C=O) groups excluding carboxylic acids is 1. The minimum Gasteiger partial charge on any atom is -0.394 e. The fourth-order valence-electron chi connectivity index (χ4n) is 11.1. The zero-order chi connectivity index (χ0) is 67.8. The summed E-state index contributed by atoms with van der Waals surface area (Å²) in [6.07, 6.45) is 106. The average Bonchev–Trinajstić information content (AvgIpc) is 0.829. The number of nitrogens with one attached hydrogen (secondary N) is 1. The highest BCUT2D eigenvalue weighted by atomic mass is 16.7. The van der Waals surface area contributed by atoms with E-state index in [0.717, 1.165) is 135 Å². The molecule has 7 atom stereocenters. The Balaban J connectivity index is 2.19. The van der Waals surface area contributed by atoms with Crippen LogP contribution < -0.4 is 5.32 Å². The number of unbranched alkanes of at least 4 members (excludes halogenated alkanes) is 29. The van der Waals surface area contributed by atoms with Gasteiger partial charge in [0, 0.05) is 6.42 Å². The van der Waals surface area contributed by atoms with E-state index in [4.69, 9.17) is 9.47 Å². The molecule has 534 valence electrons. The van der Waals surface area contributed by atoms with E-state index in [2.05, 4.69) is 177 Å². The van der Waals surface area contributed by atoms with Gasteiger partial charge in [0.1, 0.15) is 24.4 Å². The van der Waals surface area contributed by atoms with Gasteiger partial charge in [-0.05, 0) is 128 Å². The molecule has 1 amide bonds. The van der Waals surface area contributed by atoms with Crippen molar-refractivity contribution in [1.29, 1.82) is 0 Å². The van der Waals surface area contributed by atoms with Crippen LogP contribution in [0.4, 0.5) is 0 Å². The van der Waals surface area contributed by atoms with Gasteiger partial charge < -0.3 is 40.3 Å². The Hall–Kier alpha value is -4.45. The molecule has 0 radical (unpaired) electrons. The summed E-state index contributed by atoms with van der Waals surface area (Å²) < 4.78 is 11.3. The largest absolute Gasteiger partial charge is 0.394 e. The predicted molar refractivity (Wildman–Crippen MR) is 405 cm³/mol. The van der Waals surface area contributed by atoms with Crippen LogP contribution in [0.1, 0.15) is 303 Å². The molecular formula is C85H141NO8. The summed E-state index contributed by atoms with van der Waals surface area (Å²) in [5.74, 6) is -0.214. The van der Waals surface area contributed by atoms with Crippen molar-refractivity contribution in [3.05, 3.63) is 170 Å². The molecule has 0 saturated carbocycles. The Labute approximate surface area is 577 Å². The van der Waals surface area contributed by atoms with E-state index in [1.165, 1.54) is 141 Å². The summed E-state index contributed by atoms with van der Waals surface area (Å²) in [5, 5.41) is 54.8. The first kappa shape index (κ1) is 87.6. The number of allylic oxidation sites excluding steroid dienone is 27. The lowest BCUT2D eigenvalue weighted by molar-refractivity contribution is -0.302. The van der Waals surface area contributed by atoms with Crippen molar-refractivity contribution in [3.8, 4) is 0 Å². The average molecular weight is 1310 g/mol. The minimum absolute atomic E-state index is 0.214. The van der Waals surface area contributed by atoms with Crippen LogP contribution >= 0.6 is 0 Å². The minimum atomic E-state index is -1.59. The lowest BCUT2D eigenvalue weighted by Crippen LogP contribution is -2.60. The van der Waals surface area contributed by atoms with Crippen LogP contribution in [0.2, 0.25) is 0 Å². The Bertz CT molecular complexity index is 2100. The number of ether oxygens (including phenoxy) is 2. The smallest absolute Gasteiger partial charge is 0.220 e. The normalized spacial score (nSPS) is 18.6. The van der Waals surface area contributed by atoms with E-state index in [-0.39, 0.29) is 12.5 Å². The van der Waals surface area contributed by atoms with Gasteiger partial charge in [0.05, 0.1) is 25.4 Å². The molecule has 6 N–H and O–H groups in total. The number of amides is 1. The number of rotatable bonds is 65. The summed E-state index contributed by atoms with van der Waals surface area (Å²) >= 11 is 0. The molecule has 94 heavy (non-hydrogen) atoms. The summed E-state index contributed by atoms with van der Waals surface area (Å²) in [5.41, 5.74) is 0. The first-order chi connectivity index (χ1) is 46.3. The van der Waals surface area contributed by atoms with Crippen molar-refractivity contribution in [1.82, 2.24) is 5.32 Å². The molecule has 1 aliphatic heterocycles. The molecule has 1 rings (SSSR count). The maximum absolute atomic E-state index is 13.1. The SMILES string of the molecule is CC/C=C\C/C=C\C/C=C\C/C=C\C/C=C\C/C=C\C/C=C\C/C=C\C/C=C\C/C=C\C/C=C\CCCCCCCC(=O)NC(COC1OC(CO)C(O)C(O)C1O)C(O)/C=C/CC/C=C/CC/C=C/CCCCCCCCCCCCCCCCCCCCCCCC. The maximum atomic E-state index is 13.1. The summed E-state index contributed by atoms with van der Waals surface area (Å²) in [6.45, 7) is 3.65. The molecule has 1 saturated heterocycles. The Kier molecular flexibility index (Phi) is 66.4. The van der Waals surface area contributed by atoms with E-state index >= 15 is 0 Å². The quantitative estimate of drug-likeness (QED) is 0.0261. The van der Waals surface area contributed by atoms with Gasteiger partial charge in [-0.2, -0.15) is 0 Å². The van der Waals surface area contributed by atoms with Crippen LogP contribution in [0.15, 0.2) is 170 Å². The predicted octanol–water partition coefficient (Wildman–Crippen LogP) is 22.0. The third-order valence-corrected chi connectivity index (χ3v) is 17.0. The van der Waals surface area contributed by atoms with E-state index < -0.39 is 49.5 Å². The summed E-state index contributed by atoms with van der Waals surface area (Å²) in [7, 11) is 0. The van der Waals surface area contributed by atoms with Crippen molar-refractivity contribution < 1.29 is 39.8 Å². The Morgan fingerprint density at radius 3 is 1.02 bits per heavy atom. The highest BCUT2D eigenvalue weighted by Gasteiger charge is 2.44. The molecule has 0 aromatic carbocycles. The second kappa shape index (κ2) is 71.3. The van der Waals surface area contributed by atoms with Crippen LogP contribution in [-0.2, 0) is 14.3 Å². The Morgan fingerprint density at radius 1 is 0.372 bits per heavy atom. The van der Waals surface area contributed by atoms with Gasteiger partial charge in [-0.3, -0.25) is 4.79 Å². The highest BCUT2D eigenvalue weighted by molar-refractivity contribution is 5.76. The zero-order valence-corrected chi connectivity index (χ0v) is 59.9. The molecule has 0 aromatic heterocycles.